The minimum atomic E-state index is -4.38. The van der Waals surface area contributed by atoms with Gasteiger partial charge in [0.2, 0.25) is 0 Å². The molecule has 0 nitrogen and oxygen atoms in total. The van der Waals surface area contributed by atoms with E-state index in [1.54, 1.807) is 24.3 Å². The molecule has 4 unspecified atom stereocenters. The van der Waals surface area contributed by atoms with Gasteiger partial charge in [-0.15, -0.1) is 0 Å². The molecule has 1 heterocycles. The number of hydrogen-bond donors (Lipinski definition) is 0. The molecular formula is C44H42Cl2F6Ti. The Morgan fingerprint density at radius 3 is 1.26 bits per heavy atom. The van der Waals surface area contributed by atoms with Crippen LogP contribution in [0.1, 0.15) is 107 Å². The molecule has 0 N–H and O–H groups in total. The molecule has 2 fully saturated rings. The maximum absolute atomic E-state index is 13.5. The molecule has 3 aliphatic carbocycles. The Morgan fingerprint density at radius 1 is 0.547 bits per heavy atom. The van der Waals surface area contributed by atoms with Gasteiger partial charge in [-0.25, -0.2) is 0 Å². The molecule has 0 amide bonds. The molecule has 4 aromatic carbocycles. The van der Waals surface area contributed by atoms with Crippen molar-refractivity contribution in [2.75, 3.05) is 0 Å². The van der Waals surface area contributed by atoms with Crippen LogP contribution in [-0.2, 0) is 28.9 Å². The number of halogens is 8. The summed E-state index contributed by atoms with van der Waals surface area (Å²) in [4.78, 5) is 0. The first kappa shape index (κ1) is 39.9. The molecule has 8 rings (SSSR count). The van der Waals surface area contributed by atoms with Gasteiger partial charge in [0, 0.05) is 0 Å². The largest absolute Gasteiger partial charge is 1.00 e. The van der Waals surface area contributed by atoms with Crippen molar-refractivity contribution in [2.45, 2.75) is 94.5 Å². The number of benzene rings is 4. The summed E-state index contributed by atoms with van der Waals surface area (Å²) >= 11 is -3.00. The molecule has 1 aliphatic heterocycles. The van der Waals surface area contributed by atoms with Crippen LogP contribution in [0, 0.1) is 0 Å². The molecule has 0 aromatic heterocycles. The maximum atomic E-state index is 13.5. The minimum Gasteiger partial charge on any atom is -1.00 e. The first-order valence-corrected chi connectivity index (χ1v) is 22.1. The molecule has 4 atom stereocenters. The number of alkyl halides is 6. The zero-order chi connectivity index (χ0) is 35.7. The van der Waals surface area contributed by atoms with Crippen molar-refractivity contribution < 1.29 is 67.7 Å². The standard InChI is InChI=1S/2C19H16F3.C6H10.2ClH.Ti/c2*1-2-4-13-11-15-5-3-6-17(18(15)12-13)14-7-9-16(10-8-14)19(20,21)22;1-2-4-6-5-3-1;;;/h2*3,5-12H,2,4H2,1H3;1-2H,3-6H2;2*1H;/q;;;;;+2/p-2. The fourth-order valence-electron chi connectivity index (χ4n) is 10.5. The van der Waals surface area contributed by atoms with Crippen LogP contribution in [0.5, 0.6) is 0 Å². The second-order valence-corrected chi connectivity index (χ2v) is 22.3. The number of hydrogen-bond acceptors (Lipinski definition) is 0. The monoisotopic (exact) mass is 802 g/mol. The Labute approximate surface area is 324 Å². The molecule has 53 heavy (non-hydrogen) atoms. The summed E-state index contributed by atoms with van der Waals surface area (Å²) in [5.41, 5.74) is 10.4. The molecule has 9 heteroatoms. The number of allylic oxidation sites excluding steroid dienone is 2. The van der Waals surface area contributed by atoms with Crippen molar-refractivity contribution in [3.05, 3.63) is 129 Å². The van der Waals surface area contributed by atoms with Gasteiger partial charge >= 0.3 is 301 Å². The fourth-order valence-corrected chi connectivity index (χ4v) is 24.7. The van der Waals surface area contributed by atoms with Gasteiger partial charge in [-0.3, -0.25) is 0 Å². The van der Waals surface area contributed by atoms with Gasteiger partial charge in [0.05, 0.1) is 0 Å². The molecule has 0 radical (unpaired) electrons. The fraction of sp³-hybridized carbons (Fsp3) is 0.364. The molecule has 0 spiro atoms. The van der Waals surface area contributed by atoms with Gasteiger partial charge in [0.25, 0.3) is 0 Å². The van der Waals surface area contributed by atoms with E-state index in [0.717, 1.165) is 56.4 Å². The van der Waals surface area contributed by atoms with Crippen molar-refractivity contribution in [2.24, 2.45) is 0 Å². The summed E-state index contributed by atoms with van der Waals surface area (Å²) in [5.74, 6) is 0. The third-order valence-corrected chi connectivity index (χ3v) is 23.2. The van der Waals surface area contributed by atoms with Crippen LogP contribution in [0.4, 0.5) is 26.3 Å². The van der Waals surface area contributed by atoms with Crippen molar-refractivity contribution >= 4 is 12.2 Å². The van der Waals surface area contributed by atoms with Gasteiger partial charge in [-0.1, -0.05) is 0 Å². The maximum Gasteiger partial charge on any atom is -1.00 e. The molecule has 1 saturated carbocycles. The van der Waals surface area contributed by atoms with E-state index in [0.29, 0.717) is 8.45 Å². The molecule has 4 aromatic rings. The van der Waals surface area contributed by atoms with Crippen LogP contribution < -0.4 is 24.8 Å². The Balaban J connectivity index is 0.00000240. The average Bonchev–Trinajstić information content (AvgIpc) is 3.38. The van der Waals surface area contributed by atoms with Crippen molar-refractivity contribution in [1.82, 2.24) is 0 Å². The summed E-state index contributed by atoms with van der Waals surface area (Å²) < 4.78 is 83.1. The van der Waals surface area contributed by atoms with Gasteiger partial charge in [-0.05, 0) is 0 Å². The Hall–Kier alpha value is -2.77. The molecule has 1 saturated heterocycles. The molecular weight excluding hydrogens is 761 g/mol. The zero-order valence-corrected chi connectivity index (χ0v) is 32.8. The third-order valence-electron chi connectivity index (χ3n) is 12.4. The summed E-state index contributed by atoms with van der Waals surface area (Å²) in [5, 5.41) is 0. The quantitative estimate of drug-likeness (QED) is 0.124. The smallest absolute Gasteiger partial charge is 1.00 e. The minimum absolute atomic E-state index is 0. The second kappa shape index (κ2) is 15.1. The third kappa shape index (κ3) is 6.68. The average molecular weight is 804 g/mol. The van der Waals surface area contributed by atoms with Crippen LogP contribution in [-0.4, -0.2) is 0 Å². The Kier molecular flexibility index (Phi) is 11.3. The van der Waals surface area contributed by atoms with Crippen molar-refractivity contribution in [3.63, 3.8) is 0 Å². The topological polar surface area (TPSA) is 0 Å². The summed E-state index contributed by atoms with van der Waals surface area (Å²) in [6.45, 7) is 4.47. The van der Waals surface area contributed by atoms with E-state index in [4.69, 9.17) is 0 Å². The Bertz CT molecular complexity index is 1880. The molecule has 4 aliphatic rings. The van der Waals surface area contributed by atoms with Gasteiger partial charge in [-0.2, -0.15) is 0 Å². The first-order chi connectivity index (χ1) is 24.5. The van der Waals surface area contributed by atoms with Gasteiger partial charge in [0.1, 0.15) is 0 Å². The summed E-state index contributed by atoms with van der Waals surface area (Å²) in [7, 11) is 0. The van der Waals surface area contributed by atoms with Crippen LogP contribution in [0.2, 0.25) is 8.45 Å². The number of fused-ring (bicyclic) bond motifs is 3. The van der Waals surface area contributed by atoms with Crippen LogP contribution in [0.25, 0.3) is 34.4 Å². The van der Waals surface area contributed by atoms with E-state index >= 15 is 0 Å². The number of rotatable bonds is 8. The SMILES string of the molecule is CCCC1=Cc2c(-c3ccc(C(F)(F)F)cc3)cccc2[CH]1[Ti+2]1([CH]2C(CCC)=Cc3c(-c4ccc(C(F)(F)F)cc4)cccc32)[CH]2CCCC[CH]21.[Cl-].[Cl-]. The van der Waals surface area contributed by atoms with E-state index < -0.39 is 40.1 Å². The van der Waals surface area contributed by atoms with Crippen LogP contribution in [0.3, 0.4) is 0 Å². The normalized spacial score (nSPS) is 23.0. The predicted molar refractivity (Wildman–Crippen MR) is 191 cm³/mol. The summed E-state index contributed by atoms with van der Waals surface area (Å²) in [6, 6.07) is 24.2. The van der Waals surface area contributed by atoms with Gasteiger partial charge in [0.15, 0.2) is 0 Å². The van der Waals surface area contributed by atoms with E-state index in [1.165, 1.54) is 83.3 Å². The van der Waals surface area contributed by atoms with Crippen LogP contribution >= 0.6 is 0 Å². The van der Waals surface area contributed by atoms with Gasteiger partial charge < -0.3 is 24.8 Å². The first-order valence-electron chi connectivity index (χ1n) is 18.5. The predicted octanol–water partition coefficient (Wildman–Crippen LogP) is 8.56. The van der Waals surface area contributed by atoms with E-state index in [9.17, 15) is 26.3 Å². The van der Waals surface area contributed by atoms with Crippen molar-refractivity contribution in [3.8, 4) is 22.3 Å². The molecule has 0 bridgehead atoms. The van der Waals surface area contributed by atoms with E-state index in [-0.39, 0.29) is 24.8 Å². The van der Waals surface area contributed by atoms with E-state index in [1.807, 2.05) is 0 Å². The van der Waals surface area contributed by atoms with Crippen molar-refractivity contribution in [1.29, 1.82) is 0 Å². The summed E-state index contributed by atoms with van der Waals surface area (Å²) in [6.07, 6.45) is 5.13. The van der Waals surface area contributed by atoms with E-state index in [2.05, 4.69) is 62.4 Å². The van der Waals surface area contributed by atoms with Crippen LogP contribution in [0.15, 0.2) is 96.1 Å². The Morgan fingerprint density at radius 2 is 0.925 bits per heavy atom. The second-order valence-electron chi connectivity index (χ2n) is 15.1. The zero-order valence-electron chi connectivity index (χ0n) is 29.7. The molecule has 278 valence electrons.